The van der Waals surface area contributed by atoms with E-state index in [1.165, 1.54) is 0 Å². The summed E-state index contributed by atoms with van der Waals surface area (Å²) in [6.45, 7) is 6.82. The Morgan fingerprint density at radius 2 is 1.78 bits per heavy atom. The molecule has 0 saturated heterocycles. The average molecular weight is 304 g/mol. The van der Waals surface area contributed by atoms with E-state index < -0.39 is 0 Å². The van der Waals surface area contributed by atoms with Crippen molar-refractivity contribution in [2.75, 3.05) is 0 Å². The van der Waals surface area contributed by atoms with Crippen LogP contribution in [0.25, 0.3) is 4.85 Å². The van der Waals surface area contributed by atoms with Crippen molar-refractivity contribution in [1.82, 2.24) is 0 Å². The highest BCUT2D eigenvalue weighted by Crippen LogP contribution is 2.27. The third-order valence-corrected chi connectivity index (χ3v) is 3.16. The van der Waals surface area contributed by atoms with Gasteiger partial charge in [-0.05, 0) is 35.9 Å². The first-order chi connectivity index (χ1) is 8.72. The maximum absolute atomic E-state index is 9.16. The molecule has 0 atom stereocenters. The second-order valence-electron chi connectivity index (χ2n) is 3.62. The first-order valence-corrected chi connectivity index (χ1v) is 6.07. The van der Waals surface area contributed by atoms with Crippen molar-refractivity contribution in [1.29, 1.82) is 0 Å². The molecule has 2 aromatic rings. The molecule has 1 N–H and O–H groups in total. The van der Waals surface area contributed by atoms with Crippen molar-refractivity contribution in [2.45, 2.75) is 6.61 Å². The minimum Gasteiger partial charge on any atom is -0.457 e. The van der Waals surface area contributed by atoms with Crippen LogP contribution < -0.4 is 4.74 Å². The van der Waals surface area contributed by atoms with Crippen molar-refractivity contribution >= 4 is 21.6 Å². The summed E-state index contributed by atoms with van der Waals surface area (Å²) >= 11 is 3.35. The van der Waals surface area contributed by atoms with Crippen LogP contribution in [-0.2, 0) is 6.61 Å². The van der Waals surface area contributed by atoms with Gasteiger partial charge in [-0.15, -0.1) is 0 Å². The lowest BCUT2D eigenvalue weighted by Crippen LogP contribution is -1.88. The van der Waals surface area contributed by atoms with Gasteiger partial charge in [0.2, 0.25) is 0 Å². The van der Waals surface area contributed by atoms with Crippen LogP contribution in [0.3, 0.4) is 0 Å². The second-order valence-corrected chi connectivity index (χ2v) is 4.47. The number of aliphatic hydroxyl groups excluding tert-OH is 1. The van der Waals surface area contributed by atoms with E-state index in [1.54, 1.807) is 30.3 Å². The van der Waals surface area contributed by atoms with Crippen LogP contribution in [0.4, 0.5) is 5.69 Å². The van der Waals surface area contributed by atoms with E-state index in [1.807, 2.05) is 12.1 Å². The van der Waals surface area contributed by atoms with Crippen molar-refractivity contribution in [3.05, 3.63) is 63.9 Å². The van der Waals surface area contributed by atoms with Gasteiger partial charge in [-0.1, -0.05) is 28.1 Å². The first-order valence-electron chi connectivity index (χ1n) is 5.27. The lowest BCUT2D eigenvalue weighted by molar-refractivity contribution is 0.280. The maximum atomic E-state index is 9.16. The first kappa shape index (κ1) is 12.6. The predicted molar refractivity (Wildman–Crippen MR) is 72.8 cm³/mol. The summed E-state index contributed by atoms with van der Waals surface area (Å²) < 4.78 is 6.49. The van der Waals surface area contributed by atoms with Gasteiger partial charge >= 0.3 is 0 Å². The van der Waals surface area contributed by atoms with Crippen LogP contribution in [-0.4, -0.2) is 5.11 Å². The molecule has 0 spiro atoms. The molecule has 0 radical (unpaired) electrons. The fourth-order valence-corrected chi connectivity index (χ4v) is 1.83. The van der Waals surface area contributed by atoms with Crippen LogP contribution >= 0.6 is 15.9 Å². The molecule has 0 aliphatic rings. The summed E-state index contributed by atoms with van der Waals surface area (Å²) in [5.74, 6) is 1.31. The Hall–Kier alpha value is -1.83. The molecule has 4 heteroatoms. The van der Waals surface area contributed by atoms with E-state index in [0.717, 1.165) is 10.0 Å². The van der Waals surface area contributed by atoms with Gasteiger partial charge in [-0.3, -0.25) is 0 Å². The van der Waals surface area contributed by atoms with Crippen LogP contribution in [0.5, 0.6) is 11.5 Å². The lowest BCUT2D eigenvalue weighted by Gasteiger charge is -2.08. The highest BCUT2D eigenvalue weighted by molar-refractivity contribution is 9.10. The third kappa shape index (κ3) is 2.89. The monoisotopic (exact) mass is 303 g/mol. The summed E-state index contributed by atoms with van der Waals surface area (Å²) in [7, 11) is 0. The number of benzene rings is 2. The lowest BCUT2D eigenvalue weighted by atomic mass is 10.2. The molecule has 3 nitrogen and oxygen atoms in total. The number of ether oxygens (including phenoxy) is 1. The zero-order chi connectivity index (χ0) is 13.0. The zero-order valence-corrected chi connectivity index (χ0v) is 11.0. The molecule has 0 bridgehead atoms. The number of aliphatic hydroxyl groups is 1. The number of halogens is 1. The SMILES string of the molecule is [C-]#[N+]c1ccc(Oc2ccc(Br)c(CO)c2)cc1. The molecule has 2 rings (SSSR count). The van der Waals surface area contributed by atoms with Crippen molar-refractivity contribution in [3.8, 4) is 11.5 Å². The van der Waals surface area contributed by atoms with E-state index in [0.29, 0.717) is 17.2 Å². The smallest absolute Gasteiger partial charge is 0.187 e. The number of nitrogens with zero attached hydrogens (tertiary/aromatic N) is 1. The Balaban J connectivity index is 2.20. The predicted octanol–water partition coefficient (Wildman–Crippen LogP) is 4.28. The molecule has 18 heavy (non-hydrogen) atoms. The maximum Gasteiger partial charge on any atom is 0.187 e. The van der Waals surface area contributed by atoms with Crippen LogP contribution in [0.15, 0.2) is 46.9 Å². The number of rotatable bonds is 3. The molecule has 0 aliphatic heterocycles. The van der Waals surface area contributed by atoms with E-state index in [9.17, 15) is 0 Å². The van der Waals surface area contributed by atoms with Crippen molar-refractivity contribution in [2.24, 2.45) is 0 Å². The zero-order valence-electron chi connectivity index (χ0n) is 9.43. The van der Waals surface area contributed by atoms with Gasteiger partial charge in [0, 0.05) is 4.47 Å². The molecule has 0 heterocycles. The number of hydrogen-bond donors (Lipinski definition) is 1. The quantitative estimate of drug-likeness (QED) is 0.859. The Kier molecular flexibility index (Phi) is 3.98. The molecule has 0 amide bonds. The minimum atomic E-state index is -0.0472. The topological polar surface area (TPSA) is 33.8 Å². The van der Waals surface area contributed by atoms with Crippen molar-refractivity contribution < 1.29 is 9.84 Å². The van der Waals surface area contributed by atoms with Gasteiger partial charge in [0.1, 0.15) is 11.5 Å². The summed E-state index contributed by atoms with van der Waals surface area (Å²) in [4.78, 5) is 3.31. The van der Waals surface area contributed by atoms with E-state index in [4.69, 9.17) is 16.4 Å². The van der Waals surface area contributed by atoms with Crippen LogP contribution in [0.1, 0.15) is 5.56 Å². The largest absolute Gasteiger partial charge is 0.457 e. The number of hydrogen-bond acceptors (Lipinski definition) is 2. The summed E-state index contributed by atoms with van der Waals surface area (Å²) in [5, 5.41) is 9.16. The van der Waals surface area contributed by atoms with Gasteiger partial charge in [0.15, 0.2) is 5.69 Å². The Morgan fingerprint density at radius 3 is 2.39 bits per heavy atom. The Labute approximate surface area is 114 Å². The van der Waals surface area contributed by atoms with Gasteiger partial charge in [-0.2, -0.15) is 0 Å². The summed E-state index contributed by atoms with van der Waals surface area (Å²) in [6.07, 6.45) is 0. The van der Waals surface area contributed by atoms with Crippen molar-refractivity contribution in [3.63, 3.8) is 0 Å². The van der Waals surface area contributed by atoms with E-state index in [2.05, 4.69) is 20.8 Å². The molecule has 0 unspecified atom stereocenters. The van der Waals surface area contributed by atoms with Gasteiger partial charge in [0.05, 0.1) is 13.2 Å². The second kappa shape index (κ2) is 5.67. The van der Waals surface area contributed by atoms with Crippen LogP contribution in [0.2, 0.25) is 0 Å². The summed E-state index contributed by atoms with van der Waals surface area (Å²) in [6, 6.07) is 12.3. The van der Waals surface area contributed by atoms with Gasteiger partial charge < -0.3 is 9.84 Å². The standard InChI is InChI=1S/C14H10BrNO2/c1-16-11-2-4-12(5-3-11)18-13-6-7-14(15)10(8-13)9-17/h2-8,17H,9H2. The van der Waals surface area contributed by atoms with E-state index >= 15 is 0 Å². The van der Waals surface area contributed by atoms with E-state index in [-0.39, 0.29) is 6.61 Å². The molecule has 0 aromatic heterocycles. The Bertz CT molecular complexity index is 588. The molecule has 0 saturated carbocycles. The fraction of sp³-hybridized carbons (Fsp3) is 0.0714. The Morgan fingerprint density at radius 1 is 1.11 bits per heavy atom. The molecule has 90 valence electrons. The molecule has 0 aliphatic carbocycles. The normalized spacial score (nSPS) is 9.83. The molecular formula is C14H10BrNO2. The third-order valence-electron chi connectivity index (χ3n) is 2.39. The highest BCUT2D eigenvalue weighted by atomic mass is 79.9. The minimum absolute atomic E-state index is 0.0472. The average Bonchev–Trinajstić information content (AvgIpc) is 2.42. The summed E-state index contributed by atoms with van der Waals surface area (Å²) in [5.41, 5.74) is 1.35. The molecular weight excluding hydrogens is 294 g/mol. The fourth-order valence-electron chi connectivity index (χ4n) is 1.46. The van der Waals surface area contributed by atoms with Gasteiger partial charge in [0.25, 0.3) is 0 Å². The highest BCUT2D eigenvalue weighted by Gasteiger charge is 2.03. The van der Waals surface area contributed by atoms with Crippen LogP contribution in [0, 0.1) is 6.57 Å². The molecule has 0 fully saturated rings. The van der Waals surface area contributed by atoms with Gasteiger partial charge in [-0.25, -0.2) is 4.85 Å². The molecule has 2 aromatic carbocycles.